The van der Waals surface area contributed by atoms with Crippen LogP contribution in [0.5, 0.6) is 0 Å². The van der Waals surface area contributed by atoms with Gasteiger partial charge < -0.3 is 10.2 Å². The number of hydrogen-bond acceptors (Lipinski definition) is 3. The summed E-state index contributed by atoms with van der Waals surface area (Å²) < 4.78 is 0. The van der Waals surface area contributed by atoms with Crippen molar-refractivity contribution in [1.29, 1.82) is 0 Å². The summed E-state index contributed by atoms with van der Waals surface area (Å²) in [4.78, 5) is 29.2. The third kappa shape index (κ3) is 8.55. The third-order valence-corrected chi connectivity index (χ3v) is 9.28. The fraction of sp³-hybridized carbons (Fsp3) is 0.333. The minimum atomic E-state index is -0.724. The molecule has 1 atom stereocenters. The van der Waals surface area contributed by atoms with Crippen LogP contribution in [0, 0.1) is 0 Å². The minimum absolute atomic E-state index is 0.125. The zero-order valence-corrected chi connectivity index (χ0v) is 25.2. The van der Waals surface area contributed by atoms with Gasteiger partial charge in [-0.25, -0.2) is 0 Å². The van der Waals surface area contributed by atoms with Crippen molar-refractivity contribution in [2.24, 2.45) is 0 Å². The molecule has 0 bridgehead atoms. The lowest BCUT2D eigenvalue weighted by Gasteiger charge is -2.33. The summed E-state index contributed by atoms with van der Waals surface area (Å²) in [5.74, 6) is 0.418. The van der Waals surface area contributed by atoms with Crippen molar-refractivity contribution in [3.8, 4) is 0 Å². The molecular weight excluding hydrogens is 594 g/mol. The van der Waals surface area contributed by atoms with E-state index in [0.717, 1.165) is 36.8 Å². The zero-order valence-electron chi connectivity index (χ0n) is 21.3. The van der Waals surface area contributed by atoms with Gasteiger partial charge in [0.2, 0.25) is 11.8 Å². The molecule has 0 spiro atoms. The summed E-state index contributed by atoms with van der Waals surface area (Å²) in [6.07, 6.45) is 4.47. The second kappa shape index (κ2) is 14.7. The van der Waals surface area contributed by atoms with Crippen LogP contribution < -0.4 is 5.32 Å². The van der Waals surface area contributed by atoms with Crippen molar-refractivity contribution in [3.63, 3.8) is 0 Å². The normalized spacial score (nSPS) is 14.3. The molecule has 1 saturated carbocycles. The molecule has 0 saturated heterocycles. The Kier molecular flexibility index (Phi) is 11.3. The van der Waals surface area contributed by atoms with Gasteiger partial charge in [0.05, 0.1) is 15.8 Å². The first-order valence-corrected chi connectivity index (χ1v) is 15.6. The van der Waals surface area contributed by atoms with E-state index in [1.165, 1.54) is 11.8 Å². The van der Waals surface area contributed by atoms with E-state index in [4.69, 9.17) is 46.4 Å². The number of thioether (sulfide) groups is 1. The monoisotopic (exact) mass is 622 g/mol. The van der Waals surface area contributed by atoms with Gasteiger partial charge in [0.1, 0.15) is 6.04 Å². The van der Waals surface area contributed by atoms with Crippen molar-refractivity contribution >= 4 is 70.0 Å². The molecule has 2 amide bonds. The number of halogens is 4. The van der Waals surface area contributed by atoms with Crippen LogP contribution in [0.4, 0.5) is 0 Å². The van der Waals surface area contributed by atoms with Crippen molar-refractivity contribution in [2.45, 2.75) is 56.5 Å². The lowest BCUT2D eigenvalue weighted by atomic mass is 10.0. The molecule has 1 aliphatic carbocycles. The van der Waals surface area contributed by atoms with Crippen LogP contribution in [0.3, 0.4) is 0 Å². The van der Waals surface area contributed by atoms with Crippen molar-refractivity contribution in [3.05, 3.63) is 104 Å². The maximum Gasteiger partial charge on any atom is 0.243 e. The number of rotatable bonds is 11. The molecule has 0 aliphatic heterocycles. The number of hydrogen-bond donors (Lipinski definition) is 1. The first-order chi connectivity index (χ1) is 18.8. The Balaban J connectivity index is 1.60. The molecule has 206 valence electrons. The van der Waals surface area contributed by atoms with Crippen LogP contribution in [-0.2, 0) is 28.3 Å². The largest absolute Gasteiger partial charge is 0.352 e. The summed E-state index contributed by atoms with van der Waals surface area (Å²) in [6, 6.07) is 19.8. The van der Waals surface area contributed by atoms with Crippen LogP contribution in [0.2, 0.25) is 20.1 Å². The second-order valence-corrected chi connectivity index (χ2v) is 12.3. The fourth-order valence-electron chi connectivity index (χ4n) is 4.74. The molecule has 0 unspecified atom stereocenters. The predicted octanol–water partition coefficient (Wildman–Crippen LogP) is 8.23. The van der Waals surface area contributed by atoms with E-state index in [1.807, 2.05) is 36.4 Å². The summed E-state index contributed by atoms with van der Waals surface area (Å²) in [6.45, 7) is 0.125. The Morgan fingerprint density at radius 3 is 2.21 bits per heavy atom. The second-order valence-electron chi connectivity index (χ2n) is 9.66. The summed E-state index contributed by atoms with van der Waals surface area (Å²) >= 11 is 26.7. The highest BCUT2D eigenvalue weighted by atomic mass is 35.5. The van der Waals surface area contributed by atoms with E-state index in [0.29, 0.717) is 37.8 Å². The first-order valence-electron chi connectivity index (χ1n) is 12.9. The standard InChI is InChI=1S/C30H30Cl4N2O2S/c31-24-11-6-12-25(32)23(24)17-36(29(37)19-39-18-21-13-14-26(33)27(34)15-21)28(16-20-7-2-1-3-8-20)30(38)35-22-9-4-5-10-22/h1-3,6-8,11-15,22,28H,4-5,9-10,16-19H2,(H,35,38)/t28-/m0/s1. The van der Waals surface area contributed by atoms with E-state index in [1.54, 1.807) is 35.2 Å². The summed E-state index contributed by atoms with van der Waals surface area (Å²) in [5.41, 5.74) is 2.55. The number of carbonyl (C=O) groups excluding carboxylic acids is 2. The van der Waals surface area contributed by atoms with Crippen LogP contribution >= 0.6 is 58.2 Å². The summed E-state index contributed by atoms with van der Waals surface area (Å²) in [7, 11) is 0. The van der Waals surface area contributed by atoms with E-state index >= 15 is 0 Å². The van der Waals surface area contributed by atoms with Gasteiger partial charge >= 0.3 is 0 Å². The lowest BCUT2D eigenvalue weighted by Crippen LogP contribution is -2.52. The number of benzene rings is 3. The molecule has 3 aromatic rings. The topological polar surface area (TPSA) is 49.4 Å². The Morgan fingerprint density at radius 2 is 1.54 bits per heavy atom. The molecule has 4 nitrogen and oxygen atoms in total. The van der Waals surface area contributed by atoms with E-state index in [2.05, 4.69) is 5.32 Å². The van der Waals surface area contributed by atoms with E-state index in [9.17, 15) is 9.59 Å². The molecule has 4 rings (SSSR count). The van der Waals surface area contributed by atoms with Crippen molar-refractivity contribution in [1.82, 2.24) is 10.2 Å². The van der Waals surface area contributed by atoms with Crippen molar-refractivity contribution in [2.75, 3.05) is 5.75 Å². The molecule has 3 aromatic carbocycles. The Morgan fingerprint density at radius 1 is 0.846 bits per heavy atom. The number of nitrogens with zero attached hydrogens (tertiary/aromatic N) is 1. The molecule has 0 heterocycles. The molecule has 0 radical (unpaired) electrons. The number of amides is 2. The number of nitrogens with one attached hydrogen (secondary N) is 1. The molecule has 39 heavy (non-hydrogen) atoms. The number of carbonyl (C=O) groups is 2. The van der Waals surface area contributed by atoms with Gasteiger partial charge in [-0.2, -0.15) is 0 Å². The van der Waals surface area contributed by atoms with Crippen LogP contribution in [0.25, 0.3) is 0 Å². The maximum atomic E-state index is 13.8. The van der Waals surface area contributed by atoms with Gasteiger partial charge in [-0.3, -0.25) is 9.59 Å². The predicted molar refractivity (Wildman–Crippen MR) is 164 cm³/mol. The first kappa shape index (κ1) is 30.1. The molecule has 1 fully saturated rings. The molecule has 1 aliphatic rings. The van der Waals surface area contributed by atoms with Gasteiger partial charge in [0.25, 0.3) is 0 Å². The van der Waals surface area contributed by atoms with Crippen LogP contribution in [0.1, 0.15) is 42.4 Å². The lowest BCUT2D eigenvalue weighted by molar-refractivity contribution is -0.139. The van der Waals surface area contributed by atoms with Gasteiger partial charge in [-0.15, -0.1) is 11.8 Å². The van der Waals surface area contributed by atoms with E-state index in [-0.39, 0.29) is 30.2 Å². The Bertz CT molecular complexity index is 1260. The third-order valence-electron chi connectivity index (χ3n) is 6.84. The molecule has 0 aromatic heterocycles. The SMILES string of the molecule is O=C(NC1CCCC1)[C@H](Cc1ccccc1)N(Cc1c(Cl)cccc1Cl)C(=O)CSCc1ccc(Cl)c(Cl)c1. The quantitative estimate of drug-likeness (QED) is 0.234. The minimum Gasteiger partial charge on any atom is -0.352 e. The fourth-order valence-corrected chi connectivity index (χ4v) is 6.44. The van der Waals surface area contributed by atoms with Crippen LogP contribution in [0.15, 0.2) is 66.7 Å². The molecule has 9 heteroatoms. The van der Waals surface area contributed by atoms with Gasteiger partial charge in [-0.05, 0) is 48.2 Å². The average molecular weight is 624 g/mol. The molecule has 1 N–H and O–H groups in total. The summed E-state index contributed by atoms with van der Waals surface area (Å²) in [5, 5.41) is 5.09. The highest BCUT2D eigenvalue weighted by Crippen LogP contribution is 2.29. The highest BCUT2D eigenvalue weighted by Gasteiger charge is 2.32. The Labute approximate surface area is 254 Å². The zero-order chi connectivity index (χ0) is 27.8. The van der Waals surface area contributed by atoms with Crippen LogP contribution in [-0.4, -0.2) is 34.6 Å². The van der Waals surface area contributed by atoms with Crippen molar-refractivity contribution < 1.29 is 9.59 Å². The Hall–Kier alpha value is -1.89. The highest BCUT2D eigenvalue weighted by molar-refractivity contribution is 7.99. The van der Waals surface area contributed by atoms with E-state index < -0.39 is 6.04 Å². The molecular formula is C30H30Cl4N2O2S. The maximum absolute atomic E-state index is 13.8. The van der Waals surface area contributed by atoms with Gasteiger partial charge in [0.15, 0.2) is 0 Å². The smallest absolute Gasteiger partial charge is 0.243 e. The average Bonchev–Trinajstić information content (AvgIpc) is 3.43. The van der Waals surface area contributed by atoms with Gasteiger partial charge in [-0.1, -0.05) is 102 Å². The van der Waals surface area contributed by atoms with Gasteiger partial charge in [0, 0.05) is 40.4 Å².